The van der Waals surface area contributed by atoms with Crippen molar-refractivity contribution in [3.05, 3.63) is 29.6 Å². The first-order chi connectivity index (χ1) is 12.1. The minimum absolute atomic E-state index is 0.0770. The third-order valence-electron chi connectivity index (χ3n) is 5.48. The van der Waals surface area contributed by atoms with Crippen LogP contribution >= 0.6 is 0 Å². The Morgan fingerprint density at radius 1 is 1.23 bits per heavy atom. The van der Waals surface area contributed by atoms with Gasteiger partial charge in [0.2, 0.25) is 10.0 Å². The topological polar surface area (TPSA) is 83.7 Å². The third-order valence-corrected chi connectivity index (χ3v) is 7.32. The molecule has 1 aromatic carbocycles. The highest BCUT2D eigenvalue weighted by molar-refractivity contribution is 7.89. The SMILES string of the molecule is CC1(C)CN(S(=O)(=O)c2ccc(C(=O)N3CCCC3)c(F)c2)CCC1N. The van der Waals surface area contributed by atoms with Crippen molar-refractivity contribution in [2.75, 3.05) is 26.2 Å². The van der Waals surface area contributed by atoms with Gasteiger partial charge in [-0.2, -0.15) is 4.31 Å². The summed E-state index contributed by atoms with van der Waals surface area (Å²) < 4.78 is 41.7. The van der Waals surface area contributed by atoms with Crippen molar-refractivity contribution in [3.8, 4) is 0 Å². The third kappa shape index (κ3) is 3.50. The molecule has 26 heavy (non-hydrogen) atoms. The van der Waals surface area contributed by atoms with Gasteiger partial charge in [-0.05, 0) is 42.9 Å². The van der Waals surface area contributed by atoms with Crippen LogP contribution in [0.25, 0.3) is 0 Å². The first kappa shape index (κ1) is 19.3. The van der Waals surface area contributed by atoms with Gasteiger partial charge in [-0.25, -0.2) is 12.8 Å². The van der Waals surface area contributed by atoms with Gasteiger partial charge in [0.1, 0.15) is 5.82 Å². The molecule has 6 nitrogen and oxygen atoms in total. The Kier molecular flexibility index (Phi) is 5.11. The number of nitrogens with two attached hydrogens (primary N) is 1. The maximum atomic E-state index is 14.5. The van der Waals surface area contributed by atoms with E-state index in [-0.39, 0.29) is 34.4 Å². The second-order valence-corrected chi connectivity index (χ2v) is 9.80. The van der Waals surface area contributed by atoms with Crippen molar-refractivity contribution in [2.24, 2.45) is 11.1 Å². The highest BCUT2D eigenvalue weighted by atomic mass is 32.2. The largest absolute Gasteiger partial charge is 0.339 e. The molecule has 0 aliphatic carbocycles. The standard InChI is InChI=1S/C18H26FN3O3S/c1-18(2)12-22(10-7-16(18)20)26(24,25)13-5-6-14(15(19)11-13)17(23)21-8-3-4-9-21/h5-6,11,16H,3-4,7-10,12,20H2,1-2H3. The van der Waals surface area contributed by atoms with Crippen molar-refractivity contribution in [2.45, 2.75) is 44.0 Å². The van der Waals surface area contributed by atoms with Crippen LogP contribution in [0.1, 0.15) is 43.5 Å². The Morgan fingerprint density at radius 3 is 2.46 bits per heavy atom. The van der Waals surface area contributed by atoms with Crippen molar-refractivity contribution >= 4 is 15.9 Å². The molecule has 2 N–H and O–H groups in total. The minimum Gasteiger partial charge on any atom is -0.339 e. The van der Waals surface area contributed by atoms with Gasteiger partial charge in [0, 0.05) is 32.2 Å². The molecule has 0 spiro atoms. The van der Waals surface area contributed by atoms with E-state index in [1.165, 1.54) is 16.4 Å². The van der Waals surface area contributed by atoms with Gasteiger partial charge in [0.05, 0.1) is 10.5 Å². The van der Waals surface area contributed by atoms with Crippen LogP contribution in [0.4, 0.5) is 4.39 Å². The van der Waals surface area contributed by atoms with Crippen LogP contribution in [0.5, 0.6) is 0 Å². The first-order valence-corrected chi connectivity index (χ1v) is 10.4. The Hall–Kier alpha value is -1.51. The second-order valence-electron chi connectivity index (χ2n) is 7.86. The zero-order valence-corrected chi connectivity index (χ0v) is 16.1. The van der Waals surface area contributed by atoms with Gasteiger partial charge in [-0.15, -0.1) is 0 Å². The smallest absolute Gasteiger partial charge is 0.256 e. The van der Waals surface area contributed by atoms with Crippen molar-refractivity contribution in [3.63, 3.8) is 0 Å². The molecule has 0 bridgehead atoms. The Morgan fingerprint density at radius 2 is 1.88 bits per heavy atom. The van der Waals surface area contributed by atoms with E-state index in [0.717, 1.165) is 18.9 Å². The van der Waals surface area contributed by atoms with Gasteiger partial charge >= 0.3 is 0 Å². The number of sulfonamides is 1. The van der Waals surface area contributed by atoms with Crippen LogP contribution in [0.15, 0.2) is 23.1 Å². The number of carbonyl (C=O) groups excluding carboxylic acids is 1. The van der Waals surface area contributed by atoms with Gasteiger partial charge < -0.3 is 10.6 Å². The van der Waals surface area contributed by atoms with Crippen LogP contribution in [-0.2, 0) is 10.0 Å². The number of likely N-dealkylation sites (tertiary alicyclic amines) is 1. The number of carbonyl (C=O) groups is 1. The van der Waals surface area contributed by atoms with E-state index < -0.39 is 15.8 Å². The molecule has 0 aromatic heterocycles. The van der Waals surface area contributed by atoms with E-state index in [9.17, 15) is 17.6 Å². The predicted octanol–water partition coefficient (Wildman–Crippen LogP) is 1.81. The number of benzene rings is 1. The minimum atomic E-state index is -3.83. The normalized spacial score (nSPS) is 24.0. The highest BCUT2D eigenvalue weighted by Gasteiger charge is 2.39. The maximum Gasteiger partial charge on any atom is 0.256 e. The fourth-order valence-electron chi connectivity index (χ4n) is 3.60. The molecule has 1 aromatic rings. The summed E-state index contributed by atoms with van der Waals surface area (Å²) in [5.41, 5.74) is 5.64. The van der Waals surface area contributed by atoms with Gasteiger partial charge in [0.25, 0.3) is 5.91 Å². The number of amides is 1. The maximum absolute atomic E-state index is 14.5. The molecule has 2 heterocycles. The molecule has 3 rings (SSSR count). The van der Waals surface area contributed by atoms with Gasteiger partial charge in [0.15, 0.2) is 0 Å². The molecule has 1 unspecified atom stereocenters. The monoisotopic (exact) mass is 383 g/mol. The van der Waals surface area contributed by atoms with Crippen LogP contribution in [0.3, 0.4) is 0 Å². The molecular weight excluding hydrogens is 357 g/mol. The number of halogens is 1. The summed E-state index contributed by atoms with van der Waals surface area (Å²) in [6.07, 6.45) is 2.37. The van der Waals surface area contributed by atoms with E-state index in [1.54, 1.807) is 4.90 Å². The number of rotatable bonds is 3. The predicted molar refractivity (Wildman–Crippen MR) is 96.7 cm³/mol. The van der Waals surface area contributed by atoms with Gasteiger partial charge in [-0.1, -0.05) is 13.8 Å². The number of hydrogen-bond donors (Lipinski definition) is 1. The molecule has 1 atom stereocenters. The van der Waals surface area contributed by atoms with Crippen molar-refractivity contribution in [1.82, 2.24) is 9.21 Å². The van der Waals surface area contributed by atoms with Crippen LogP contribution in [0.2, 0.25) is 0 Å². The molecule has 2 aliphatic heterocycles. The molecule has 2 fully saturated rings. The zero-order chi connectivity index (χ0) is 19.1. The van der Waals surface area contributed by atoms with Crippen molar-refractivity contribution in [1.29, 1.82) is 0 Å². The molecule has 2 saturated heterocycles. The van der Waals surface area contributed by atoms with E-state index in [1.807, 2.05) is 13.8 Å². The lowest BCUT2D eigenvalue weighted by molar-refractivity contribution is 0.0788. The van der Waals surface area contributed by atoms with Crippen LogP contribution < -0.4 is 5.73 Å². The average molecular weight is 383 g/mol. The van der Waals surface area contributed by atoms with Crippen molar-refractivity contribution < 1.29 is 17.6 Å². The molecule has 0 saturated carbocycles. The summed E-state index contributed by atoms with van der Waals surface area (Å²) >= 11 is 0. The average Bonchev–Trinajstić information content (AvgIpc) is 3.11. The molecule has 0 radical (unpaired) electrons. The molecule has 8 heteroatoms. The van der Waals surface area contributed by atoms with E-state index in [4.69, 9.17) is 5.73 Å². The van der Waals surface area contributed by atoms with Gasteiger partial charge in [-0.3, -0.25) is 4.79 Å². The summed E-state index contributed by atoms with van der Waals surface area (Å²) in [5, 5.41) is 0. The number of nitrogens with zero attached hydrogens (tertiary/aromatic N) is 2. The number of hydrogen-bond acceptors (Lipinski definition) is 4. The van der Waals surface area contributed by atoms with Crippen LogP contribution in [-0.4, -0.2) is 55.8 Å². The summed E-state index contributed by atoms with van der Waals surface area (Å²) in [5.74, 6) is -1.18. The Labute approximate surface area is 154 Å². The highest BCUT2D eigenvalue weighted by Crippen LogP contribution is 2.31. The Bertz CT molecular complexity index is 804. The van der Waals surface area contributed by atoms with E-state index in [0.29, 0.717) is 26.1 Å². The Balaban J connectivity index is 1.85. The quantitative estimate of drug-likeness (QED) is 0.863. The molecule has 144 valence electrons. The lowest BCUT2D eigenvalue weighted by atomic mass is 9.81. The van der Waals surface area contributed by atoms with E-state index in [2.05, 4.69) is 0 Å². The number of piperidine rings is 1. The van der Waals surface area contributed by atoms with E-state index >= 15 is 0 Å². The summed E-state index contributed by atoms with van der Waals surface area (Å²) in [7, 11) is -3.83. The first-order valence-electron chi connectivity index (χ1n) is 8.97. The fraction of sp³-hybridized carbons (Fsp3) is 0.611. The second kappa shape index (κ2) is 6.90. The zero-order valence-electron chi connectivity index (χ0n) is 15.2. The summed E-state index contributed by atoms with van der Waals surface area (Å²) in [4.78, 5) is 13.8. The molecule has 1 amide bonds. The molecule has 2 aliphatic rings. The lowest BCUT2D eigenvalue weighted by Gasteiger charge is -2.41. The summed E-state index contributed by atoms with van der Waals surface area (Å²) in [6, 6.07) is 3.48. The summed E-state index contributed by atoms with van der Waals surface area (Å²) in [6.45, 7) is 5.67. The van der Waals surface area contributed by atoms with Crippen LogP contribution in [0, 0.1) is 11.2 Å². The molecular formula is C18H26FN3O3S. The lowest BCUT2D eigenvalue weighted by Crippen LogP contribution is -2.53. The fourth-order valence-corrected chi connectivity index (χ4v) is 5.24.